The lowest BCUT2D eigenvalue weighted by atomic mass is 10.0. The third kappa shape index (κ3) is 4.39. The van der Waals surface area contributed by atoms with Crippen molar-refractivity contribution in [1.29, 1.82) is 0 Å². The third-order valence-corrected chi connectivity index (χ3v) is 5.32. The van der Waals surface area contributed by atoms with E-state index in [1.54, 1.807) is 0 Å². The van der Waals surface area contributed by atoms with Gasteiger partial charge in [-0.15, -0.1) is 0 Å². The number of amides is 1. The number of carbonyl (C=O) groups is 1. The van der Waals surface area contributed by atoms with Crippen LogP contribution < -0.4 is 10.1 Å². The predicted octanol–water partition coefficient (Wildman–Crippen LogP) is 3.61. The zero-order valence-electron chi connectivity index (χ0n) is 14.2. The zero-order chi connectivity index (χ0) is 16.9. The van der Waals surface area contributed by atoms with Crippen LogP contribution in [0.5, 0.6) is 5.75 Å². The summed E-state index contributed by atoms with van der Waals surface area (Å²) in [5, 5.41) is 3.03. The van der Waals surface area contributed by atoms with Gasteiger partial charge in [0.05, 0.1) is 5.57 Å². The second-order valence-electron chi connectivity index (χ2n) is 6.63. The lowest BCUT2D eigenvalue weighted by Crippen LogP contribution is -2.39. The molecule has 130 valence electrons. The number of nitrogens with zero attached hydrogens (tertiary/aromatic N) is 1. The summed E-state index contributed by atoms with van der Waals surface area (Å²) in [6.45, 7) is 5.61. The van der Waals surface area contributed by atoms with E-state index in [9.17, 15) is 4.79 Å². The topological polar surface area (TPSA) is 41.6 Å². The lowest BCUT2D eigenvalue weighted by Gasteiger charge is -2.33. The number of likely N-dealkylation sites (tertiary alicyclic amines) is 1. The van der Waals surface area contributed by atoms with Crippen molar-refractivity contribution in [1.82, 2.24) is 10.2 Å². The van der Waals surface area contributed by atoms with E-state index in [4.69, 9.17) is 4.74 Å². The molecule has 1 amide bonds. The molecule has 0 bridgehead atoms. The molecule has 0 aromatic heterocycles. The zero-order valence-corrected chi connectivity index (χ0v) is 15.8. The Morgan fingerprint density at radius 1 is 1.42 bits per heavy atom. The number of nitrogens with one attached hydrogen (secondary N) is 1. The SMILES string of the molecule is CC1CCCCN1CCCNC(=O)C1=Cc2cc(Br)ccc2OC1. The predicted molar refractivity (Wildman–Crippen MR) is 100 cm³/mol. The van der Waals surface area contributed by atoms with Crippen LogP contribution in [0.25, 0.3) is 6.08 Å². The molecular weight excluding hydrogens is 368 g/mol. The van der Waals surface area contributed by atoms with Gasteiger partial charge in [0.2, 0.25) is 0 Å². The molecule has 1 atom stereocenters. The quantitative estimate of drug-likeness (QED) is 0.778. The van der Waals surface area contributed by atoms with Crippen molar-refractivity contribution in [3.05, 3.63) is 33.8 Å². The maximum atomic E-state index is 12.3. The summed E-state index contributed by atoms with van der Waals surface area (Å²) in [5.41, 5.74) is 1.63. The lowest BCUT2D eigenvalue weighted by molar-refractivity contribution is -0.117. The first-order chi connectivity index (χ1) is 11.6. The van der Waals surface area contributed by atoms with E-state index in [0.29, 0.717) is 24.8 Å². The number of hydrogen-bond acceptors (Lipinski definition) is 3. The normalized spacial score (nSPS) is 20.8. The molecule has 2 aliphatic heterocycles. The van der Waals surface area contributed by atoms with Gasteiger partial charge < -0.3 is 15.0 Å². The van der Waals surface area contributed by atoms with Crippen molar-refractivity contribution in [3.63, 3.8) is 0 Å². The van der Waals surface area contributed by atoms with Crippen molar-refractivity contribution in [3.8, 4) is 5.75 Å². The maximum Gasteiger partial charge on any atom is 0.250 e. The van der Waals surface area contributed by atoms with Gasteiger partial charge in [0, 0.05) is 29.2 Å². The van der Waals surface area contributed by atoms with E-state index in [1.807, 2.05) is 24.3 Å². The molecule has 1 unspecified atom stereocenters. The van der Waals surface area contributed by atoms with E-state index in [-0.39, 0.29) is 5.91 Å². The summed E-state index contributed by atoms with van der Waals surface area (Å²) < 4.78 is 6.65. The fraction of sp³-hybridized carbons (Fsp3) is 0.526. The smallest absolute Gasteiger partial charge is 0.250 e. The second kappa shape index (κ2) is 8.17. The molecule has 1 fully saturated rings. The number of rotatable bonds is 5. The van der Waals surface area contributed by atoms with Gasteiger partial charge in [0.1, 0.15) is 12.4 Å². The van der Waals surface area contributed by atoms with Gasteiger partial charge in [0.15, 0.2) is 0 Å². The van der Waals surface area contributed by atoms with Crippen LogP contribution in [0.2, 0.25) is 0 Å². The van der Waals surface area contributed by atoms with Gasteiger partial charge in [0.25, 0.3) is 5.91 Å². The Kier molecular flexibility index (Phi) is 5.95. The summed E-state index contributed by atoms with van der Waals surface area (Å²) in [7, 11) is 0. The highest BCUT2D eigenvalue weighted by Gasteiger charge is 2.19. The molecule has 1 aromatic rings. The van der Waals surface area contributed by atoms with Gasteiger partial charge in [-0.3, -0.25) is 4.79 Å². The van der Waals surface area contributed by atoms with E-state index in [2.05, 4.69) is 33.1 Å². The number of benzene rings is 1. The van der Waals surface area contributed by atoms with Gasteiger partial charge >= 0.3 is 0 Å². The Morgan fingerprint density at radius 3 is 3.12 bits per heavy atom. The minimum atomic E-state index is -0.0210. The van der Waals surface area contributed by atoms with Crippen LogP contribution in [-0.2, 0) is 4.79 Å². The Balaban J connectivity index is 1.47. The molecule has 1 N–H and O–H groups in total. The molecule has 0 spiro atoms. The largest absolute Gasteiger partial charge is 0.488 e. The number of hydrogen-bond donors (Lipinski definition) is 1. The third-order valence-electron chi connectivity index (χ3n) is 4.82. The highest BCUT2D eigenvalue weighted by molar-refractivity contribution is 9.10. The van der Waals surface area contributed by atoms with Crippen molar-refractivity contribution in [2.75, 3.05) is 26.2 Å². The molecule has 4 nitrogen and oxygen atoms in total. The Labute approximate surface area is 152 Å². The minimum Gasteiger partial charge on any atom is -0.488 e. The fourth-order valence-electron chi connectivity index (χ4n) is 3.37. The molecule has 0 aliphatic carbocycles. The average Bonchev–Trinajstić information content (AvgIpc) is 2.59. The standard InChI is InChI=1S/C19H25BrN2O2/c1-14-5-2-3-9-22(14)10-4-8-21-19(23)16-11-15-12-17(20)6-7-18(15)24-13-16/h6-7,11-12,14H,2-5,8-10,13H2,1H3,(H,21,23). The summed E-state index contributed by atoms with van der Waals surface area (Å²) in [5.74, 6) is 0.807. The van der Waals surface area contributed by atoms with Crippen molar-refractivity contribution in [2.45, 2.75) is 38.6 Å². The Hall–Kier alpha value is -1.33. The summed E-state index contributed by atoms with van der Waals surface area (Å²) >= 11 is 3.45. The van der Waals surface area contributed by atoms with Crippen molar-refractivity contribution in [2.24, 2.45) is 0 Å². The summed E-state index contributed by atoms with van der Waals surface area (Å²) in [6.07, 6.45) is 6.86. The van der Waals surface area contributed by atoms with Crippen LogP contribution in [0.1, 0.15) is 38.2 Å². The number of fused-ring (bicyclic) bond motifs is 1. The van der Waals surface area contributed by atoms with Crippen LogP contribution in [0.15, 0.2) is 28.2 Å². The molecule has 2 heterocycles. The van der Waals surface area contributed by atoms with Gasteiger partial charge in [-0.2, -0.15) is 0 Å². The van der Waals surface area contributed by atoms with E-state index in [0.717, 1.165) is 28.8 Å². The molecule has 0 saturated carbocycles. The highest BCUT2D eigenvalue weighted by atomic mass is 79.9. The summed E-state index contributed by atoms with van der Waals surface area (Å²) in [6, 6.07) is 6.52. The monoisotopic (exact) mass is 392 g/mol. The number of piperidine rings is 1. The molecule has 1 aromatic carbocycles. The van der Waals surface area contributed by atoms with Crippen LogP contribution in [-0.4, -0.2) is 43.1 Å². The van der Waals surface area contributed by atoms with Crippen molar-refractivity contribution >= 4 is 27.9 Å². The van der Waals surface area contributed by atoms with Crippen LogP contribution in [0.3, 0.4) is 0 Å². The molecule has 3 rings (SSSR count). The molecular formula is C19H25BrN2O2. The summed E-state index contributed by atoms with van der Waals surface area (Å²) in [4.78, 5) is 14.9. The van der Waals surface area contributed by atoms with Gasteiger partial charge in [-0.1, -0.05) is 22.4 Å². The number of halogens is 1. The van der Waals surface area contributed by atoms with E-state index >= 15 is 0 Å². The number of carbonyl (C=O) groups excluding carboxylic acids is 1. The van der Waals surface area contributed by atoms with Crippen LogP contribution >= 0.6 is 15.9 Å². The average molecular weight is 393 g/mol. The minimum absolute atomic E-state index is 0.0210. The first kappa shape index (κ1) is 17.5. The maximum absolute atomic E-state index is 12.3. The van der Waals surface area contributed by atoms with Gasteiger partial charge in [-0.05, 0) is 57.0 Å². The van der Waals surface area contributed by atoms with E-state index in [1.165, 1.54) is 25.8 Å². The molecule has 1 saturated heterocycles. The Bertz CT molecular complexity index is 630. The fourth-order valence-corrected chi connectivity index (χ4v) is 3.75. The number of ether oxygens (including phenoxy) is 1. The van der Waals surface area contributed by atoms with Crippen LogP contribution in [0, 0.1) is 0 Å². The van der Waals surface area contributed by atoms with E-state index < -0.39 is 0 Å². The van der Waals surface area contributed by atoms with Crippen molar-refractivity contribution < 1.29 is 9.53 Å². The first-order valence-electron chi connectivity index (χ1n) is 8.78. The van der Waals surface area contributed by atoms with Crippen LogP contribution in [0.4, 0.5) is 0 Å². The Morgan fingerprint density at radius 2 is 2.29 bits per heavy atom. The second-order valence-corrected chi connectivity index (χ2v) is 7.55. The molecule has 5 heteroatoms. The molecule has 0 radical (unpaired) electrons. The van der Waals surface area contributed by atoms with Gasteiger partial charge in [-0.25, -0.2) is 0 Å². The first-order valence-corrected chi connectivity index (χ1v) is 9.58. The molecule has 24 heavy (non-hydrogen) atoms. The highest BCUT2D eigenvalue weighted by Crippen LogP contribution is 2.29. The molecule has 2 aliphatic rings.